The second kappa shape index (κ2) is 4.49. The Balaban J connectivity index is 2.09. The van der Waals surface area contributed by atoms with Crippen molar-refractivity contribution < 1.29 is 0 Å². The van der Waals surface area contributed by atoms with E-state index < -0.39 is 0 Å². The highest BCUT2D eigenvalue weighted by Crippen LogP contribution is 2.34. The summed E-state index contributed by atoms with van der Waals surface area (Å²) in [6.45, 7) is 1.91. The van der Waals surface area contributed by atoms with Gasteiger partial charge in [-0.3, -0.25) is 0 Å². The zero-order chi connectivity index (χ0) is 12.7. The minimum Gasteiger partial charge on any atom is -0.309 e. The lowest BCUT2D eigenvalue weighted by molar-refractivity contribution is 0.765. The number of rotatable bonds is 2. The predicted octanol–water partition coefficient (Wildman–Crippen LogP) is 2.93. The van der Waals surface area contributed by atoms with E-state index in [2.05, 4.69) is 20.2 Å². The molecule has 0 fully saturated rings. The zero-order valence-corrected chi connectivity index (χ0v) is 12.0. The maximum Gasteiger partial charge on any atom is 0.224 e. The lowest BCUT2D eigenvalue weighted by Gasteiger charge is -2.02. The molecule has 0 aromatic carbocycles. The third-order valence-electron chi connectivity index (χ3n) is 2.49. The van der Waals surface area contributed by atoms with Gasteiger partial charge in [0, 0.05) is 7.05 Å². The second-order valence-corrected chi connectivity index (χ2v) is 5.83. The number of aromatic nitrogens is 5. The van der Waals surface area contributed by atoms with E-state index in [9.17, 15) is 0 Å². The molecule has 92 valence electrons. The summed E-state index contributed by atoms with van der Waals surface area (Å²) in [7, 11) is 1.92. The second-order valence-electron chi connectivity index (χ2n) is 3.62. The van der Waals surface area contributed by atoms with Crippen LogP contribution in [0.5, 0.6) is 0 Å². The van der Waals surface area contributed by atoms with E-state index in [1.807, 2.05) is 30.0 Å². The Kier molecular flexibility index (Phi) is 2.96. The molecule has 0 radical (unpaired) electrons. The number of aryl methyl sites for hydroxylation is 1. The largest absolute Gasteiger partial charge is 0.309 e. The fourth-order valence-corrected chi connectivity index (χ4v) is 3.50. The van der Waals surface area contributed by atoms with Gasteiger partial charge in [-0.15, -0.1) is 21.5 Å². The first-order valence-corrected chi connectivity index (χ1v) is 7.17. The molecule has 0 unspecified atom stereocenters. The number of thiophene rings is 1. The summed E-state index contributed by atoms with van der Waals surface area (Å²) in [5.74, 6) is 0.861. The molecule has 0 saturated heterocycles. The van der Waals surface area contributed by atoms with Crippen LogP contribution in [0, 0.1) is 6.92 Å². The van der Waals surface area contributed by atoms with Crippen molar-refractivity contribution in [1.82, 2.24) is 24.7 Å². The Hall–Kier alpha value is -1.18. The number of halogens is 1. The van der Waals surface area contributed by atoms with Crippen LogP contribution < -0.4 is 0 Å². The van der Waals surface area contributed by atoms with Crippen LogP contribution >= 0.6 is 34.7 Å². The number of fused-ring (bicyclic) bond motifs is 1. The van der Waals surface area contributed by atoms with Crippen molar-refractivity contribution in [2.24, 2.45) is 7.05 Å². The molecule has 3 aromatic heterocycles. The molecule has 3 aromatic rings. The quantitative estimate of drug-likeness (QED) is 0.538. The molecule has 5 nitrogen and oxygen atoms in total. The van der Waals surface area contributed by atoms with Crippen molar-refractivity contribution in [1.29, 1.82) is 0 Å². The van der Waals surface area contributed by atoms with Gasteiger partial charge in [-0.1, -0.05) is 0 Å². The van der Waals surface area contributed by atoms with Crippen LogP contribution in [0.4, 0.5) is 0 Å². The molecule has 3 heterocycles. The third-order valence-corrected chi connectivity index (χ3v) is 4.72. The van der Waals surface area contributed by atoms with E-state index in [0.29, 0.717) is 0 Å². The first kappa shape index (κ1) is 11.9. The fraction of sp³-hybridized carbons (Fsp3) is 0.200. The molecule has 0 atom stereocenters. The average Bonchev–Trinajstić information content (AvgIpc) is 2.90. The van der Waals surface area contributed by atoms with Gasteiger partial charge in [-0.25, -0.2) is 9.97 Å². The Morgan fingerprint density at radius 3 is 2.89 bits per heavy atom. The lowest BCUT2D eigenvalue weighted by Crippen LogP contribution is -1.94. The topological polar surface area (TPSA) is 56.5 Å². The minimum absolute atomic E-state index is 0.252. The molecule has 0 aliphatic carbocycles. The van der Waals surface area contributed by atoms with Gasteiger partial charge in [0.15, 0.2) is 5.16 Å². The van der Waals surface area contributed by atoms with Gasteiger partial charge >= 0.3 is 0 Å². The van der Waals surface area contributed by atoms with Gasteiger partial charge in [-0.2, -0.15) is 0 Å². The van der Waals surface area contributed by atoms with E-state index in [-0.39, 0.29) is 5.28 Å². The zero-order valence-electron chi connectivity index (χ0n) is 9.59. The van der Waals surface area contributed by atoms with Crippen molar-refractivity contribution >= 4 is 44.9 Å². The Labute approximate surface area is 116 Å². The van der Waals surface area contributed by atoms with Crippen molar-refractivity contribution in [3.8, 4) is 0 Å². The molecule has 0 spiro atoms. The summed E-state index contributed by atoms with van der Waals surface area (Å²) in [4.78, 5) is 8.44. The van der Waals surface area contributed by atoms with Gasteiger partial charge in [0.1, 0.15) is 10.9 Å². The molecule has 8 heteroatoms. The number of hydrogen-bond acceptors (Lipinski definition) is 6. The van der Waals surface area contributed by atoms with Crippen LogP contribution in [0.15, 0.2) is 21.6 Å². The molecule has 0 N–H and O–H groups in total. The summed E-state index contributed by atoms with van der Waals surface area (Å²) < 4.78 is 2.94. The number of nitrogens with zero attached hydrogens (tertiary/aromatic N) is 5. The van der Waals surface area contributed by atoms with Crippen LogP contribution in [0.2, 0.25) is 5.28 Å². The van der Waals surface area contributed by atoms with Crippen LogP contribution in [-0.4, -0.2) is 24.7 Å². The van der Waals surface area contributed by atoms with Crippen LogP contribution in [0.1, 0.15) is 5.82 Å². The van der Waals surface area contributed by atoms with Gasteiger partial charge < -0.3 is 4.57 Å². The first-order chi connectivity index (χ1) is 8.65. The molecular weight excluding hydrogens is 290 g/mol. The van der Waals surface area contributed by atoms with Crippen molar-refractivity contribution in [2.45, 2.75) is 17.1 Å². The highest BCUT2D eigenvalue weighted by molar-refractivity contribution is 7.99. The first-order valence-electron chi connectivity index (χ1n) is 5.10. The average molecular weight is 298 g/mol. The summed E-state index contributed by atoms with van der Waals surface area (Å²) in [6, 6.07) is 1.93. The Morgan fingerprint density at radius 1 is 1.33 bits per heavy atom. The summed E-state index contributed by atoms with van der Waals surface area (Å²) in [6.07, 6.45) is 0. The highest BCUT2D eigenvalue weighted by atomic mass is 35.5. The van der Waals surface area contributed by atoms with E-state index >= 15 is 0 Å². The Morgan fingerprint density at radius 2 is 2.17 bits per heavy atom. The third kappa shape index (κ3) is 1.98. The highest BCUT2D eigenvalue weighted by Gasteiger charge is 2.13. The molecule has 3 rings (SSSR count). The molecule has 0 aliphatic rings. The Bertz CT molecular complexity index is 720. The van der Waals surface area contributed by atoms with E-state index in [0.717, 1.165) is 26.2 Å². The molecule has 0 amide bonds. The summed E-state index contributed by atoms with van der Waals surface area (Å²) in [5.41, 5.74) is 0.862. The minimum atomic E-state index is 0.252. The van der Waals surface area contributed by atoms with Crippen LogP contribution in [0.25, 0.3) is 10.2 Å². The van der Waals surface area contributed by atoms with Gasteiger partial charge in [0.25, 0.3) is 0 Å². The van der Waals surface area contributed by atoms with Crippen molar-refractivity contribution in [3.05, 3.63) is 22.6 Å². The monoisotopic (exact) mass is 297 g/mol. The van der Waals surface area contributed by atoms with Gasteiger partial charge in [0.2, 0.25) is 5.28 Å². The maximum absolute atomic E-state index is 5.92. The predicted molar refractivity (Wildman–Crippen MR) is 72.3 cm³/mol. The van der Waals surface area contributed by atoms with Crippen LogP contribution in [-0.2, 0) is 7.05 Å². The molecule has 0 bridgehead atoms. The molecule has 18 heavy (non-hydrogen) atoms. The van der Waals surface area contributed by atoms with Gasteiger partial charge in [0.05, 0.1) is 10.2 Å². The van der Waals surface area contributed by atoms with Crippen molar-refractivity contribution in [2.75, 3.05) is 0 Å². The molecular formula is C10H8ClN5S2. The van der Waals surface area contributed by atoms with E-state index in [1.165, 1.54) is 11.8 Å². The molecule has 0 aliphatic heterocycles. The fourth-order valence-electron chi connectivity index (χ4n) is 1.44. The SMILES string of the molecule is Cc1nnc(Sc2nc(Cl)nc3ccsc23)n1C. The smallest absolute Gasteiger partial charge is 0.224 e. The van der Waals surface area contributed by atoms with Crippen molar-refractivity contribution in [3.63, 3.8) is 0 Å². The van der Waals surface area contributed by atoms with Crippen LogP contribution in [0.3, 0.4) is 0 Å². The standard InChI is InChI=1S/C10H8ClN5S2/c1-5-14-15-10(16(5)2)18-8-7-6(3-4-17-7)12-9(11)13-8/h3-4H,1-2H3. The van der Waals surface area contributed by atoms with E-state index in [4.69, 9.17) is 11.6 Å². The molecule has 0 saturated carbocycles. The maximum atomic E-state index is 5.92. The summed E-state index contributed by atoms with van der Waals surface area (Å²) in [5, 5.41) is 12.0. The van der Waals surface area contributed by atoms with E-state index in [1.54, 1.807) is 11.3 Å². The normalized spacial score (nSPS) is 11.3. The number of hydrogen-bond donors (Lipinski definition) is 0. The van der Waals surface area contributed by atoms with Gasteiger partial charge in [-0.05, 0) is 41.7 Å². The lowest BCUT2D eigenvalue weighted by atomic mass is 10.5. The summed E-state index contributed by atoms with van der Waals surface area (Å²) >= 11 is 8.96.